The summed E-state index contributed by atoms with van der Waals surface area (Å²) in [6, 6.07) is 14.4. The van der Waals surface area contributed by atoms with Gasteiger partial charge in [-0.15, -0.1) is 0 Å². The van der Waals surface area contributed by atoms with Crippen LogP contribution in [0.3, 0.4) is 0 Å². The van der Waals surface area contributed by atoms with Crippen LogP contribution in [0.5, 0.6) is 0 Å². The lowest BCUT2D eigenvalue weighted by Crippen LogP contribution is -2.48. The molecular formula is C34H41ClO9. The van der Waals surface area contributed by atoms with Crippen molar-refractivity contribution in [1.29, 1.82) is 0 Å². The predicted octanol–water partition coefficient (Wildman–Crippen LogP) is 5.85. The van der Waals surface area contributed by atoms with Crippen molar-refractivity contribution in [1.82, 2.24) is 0 Å². The maximum atomic E-state index is 12.0. The van der Waals surface area contributed by atoms with Crippen molar-refractivity contribution in [2.24, 2.45) is 5.41 Å². The average molecular weight is 629 g/mol. The van der Waals surface area contributed by atoms with E-state index < -0.39 is 48.8 Å². The molecule has 9 nitrogen and oxygen atoms in total. The van der Waals surface area contributed by atoms with E-state index in [9.17, 15) is 19.2 Å². The van der Waals surface area contributed by atoms with E-state index in [1.807, 2.05) is 12.1 Å². The van der Waals surface area contributed by atoms with Crippen molar-refractivity contribution in [3.63, 3.8) is 0 Å². The topological polar surface area (TPSA) is 114 Å². The molecule has 2 saturated carbocycles. The van der Waals surface area contributed by atoms with Gasteiger partial charge < -0.3 is 23.7 Å². The Morgan fingerprint density at radius 2 is 1.41 bits per heavy atom. The summed E-state index contributed by atoms with van der Waals surface area (Å²) < 4.78 is 27.2. The summed E-state index contributed by atoms with van der Waals surface area (Å²) in [7, 11) is 0. The van der Waals surface area contributed by atoms with E-state index in [0.717, 1.165) is 16.7 Å². The first kappa shape index (κ1) is 33.5. The Morgan fingerprint density at radius 3 is 1.98 bits per heavy atom. The van der Waals surface area contributed by atoms with Crippen molar-refractivity contribution in [3.05, 3.63) is 69.7 Å². The van der Waals surface area contributed by atoms with E-state index in [2.05, 4.69) is 24.3 Å². The highest BCUT2D eigenvalue weighted by Crippen LogP contribution is 2.61. The molecule has 0 heterocycles. The summed E-state index contributed by atoms with van der Waals surface area (Å²) in [6.45, 7) is 4.13. The van der Waals surface area contributed by atoms with E-state index in [1.165, 1.54) is 65.4 Å². The lowest BCUT2D eigenvalue weighted by molar-refractivity contribution is -0.192. The number of rotatable bonds is 14. The SMILES string of the molecule is CC(=O)OC[C@@H](OCc1ccc(Cl)c(Cc2ccc(C3CCC4(CC4)C3)cc2)c1)[C@@H](OC(C)=O)[C@@H](COC(C)=O)OC(C)=O. The first-order valence-corrected chi connectivity index (χ1v) is 15.4. The van der Waals surface area contributed by atoms with Crippen molar-refractivity contribution in [3.8, 4) is 0 Å². The minimum atomic E-state index is -1.24. The normalized spacial score (nSPS) is 18.6. The highest BCUT2D eigenvalue weighted by molar-refractivity contribution is 6.31. The first-order chi connectivity index (χ1) is 20.9. The second-order valence-corrected chi connectivity index (χ2v) is 12.4. The summed E-state index contributed by atoms with van der Waals surface area (Å²) in [6.07, 6.45) is 3.83. The molecule has 4 rings (SSSR count). The van der Waals surface area contributed by atoms with E-state index in [0.29, 0.717) is 22.8 Å². The van der Waals surface area contributed by atoms with Gasteiger partial charge in [0.15, 0.2) is 12.2 Å². The number of ether oxygens (including phenoxy) is 5. The molecule has 238 valence electrons. The van der Waals surface area contributed by atoms with E-state index in [1.54, 1.807) is 6.07 Å². The Balaban J connectivity index is 1.47. The molecule has 2 aliphatic carbocycles. The predicted molar refractivity (Wildman–Crippen MR) is 162 cm³/mol. The van der Waals surface area contributed by atoms with Gasteiger partial charge in [-0.3, -0.25) is 19.2 Å². The number of hydrogen-bond donors (Lipinski definition) is 0. The molecule has 0 aliphatic heterocycles. The van der Waals surface area contributed by atoms with Gasteiger partial charge in [0, 0.05) is 32.7 Å². The summed E-state index contributed by atoms with van der Waals surface area (Å²) in [5.41, 5.74) is 4.88. The monoisotopic (exact) mass is 628 g/mol. The zero-order chi connectivity index (χ0) is 31.9. The highest BCUT2D eigenvalue weighted by Gasteiger charge is 2.48. The van der Waals surface area contributed by atoms with E-state index in [4.69, 9.17) is 35.3 Å². The van der Waals surface area contributed by atoms with Gasteiger partial charge in [-0.05, 0) is 78.2 Å². The summed E-state index contributed by atoms with van der Waals surface area (Å²) in [5.74, 6) is -1.92. The number of hydrogen-bond acceptors (Lipinski definition) is 9. The van der Waals surface area contributed by atoms with Crippen LogP contribution in [0, 0.1) is 5.41 Å². The lowest BCUT2D eigenvalue weighted by atomic mass is 9.93. The molecule has 2 aliphatic rings. The average Bonchev–Trinajstić information content (AvgIpc) is 3.59. The molecule has 44 heavy (non-hydrogen) atoms. The third kappa shape index (κ3) is 9.79. The molecule has 0 N–H and O–H groups in total. The zero-order valence-corrected chi connectivity index (χ0v) is 26.5. The van der Waals surface area contributed by atoms with E-state index >= 15 is 0 Å². The maximum absolute atomic E-state index is 12.0. The van der Waals surface area contributed by atoms with Crippen LogP contribution in [0.2, 0.25) is 5.02 Å². The fourth-order valence-electron chi connectivity index (χ4n) is 5.94. The number of carbonyl (C=O) groups is 4. The summed E-state index contributed by atoms with van der Waals surface area (Å²) in [5, 5.41) is 0.620. The highest BCUT2D eigenvalue weighted by atomic mass is 35.5. The molecular weight excluding hydrogens is 588 g/mol. The second kappa shape index (κ2) is 15.0. The summed E-state index contributed by atoms with van der Waals surface area (Å²) >= 11 is 6.58. The molecule has 0 aromatic heterocycles. The van der Waals surface area contributed by atoms with Gasteiger partial charge in [0.05, 0.1) is 6.61 Å². The van der Waals surface area contributed by atoms with Gasteiger partial charge in [0.2, 0.25) is 0 Å². The van der Waals surface area contributed by atoms with Crippen molar-refractivity contribution < 1.29 is 42.9 Å². The quantitative estimate of drug-likeness (QED) is 0.188. The van der Waals surface area contributed by atoms with Gasteiger partial charge in [-0.2, -0.15) is 0 Å². The Kier molecular flexibility index (Phi) is 11.4. The molecule has 0 saturated heterocycles. The Morgan fingerprint density at radius 1 is 0.795 bits per heavy atom. The molecule has 2 aromatic carbocycles. The molecule has 0 bridgehead atoms. The third-order valence-corrected chi connectivity index (χ3v) is 8.70. The smallest absolute Gasteiger partial charge is 0.303 e. The van der Waals surface area contributed by atoms with E-state index in [-0.39, 0.29) is 13.2 Å². The van der Waals surface area contributed by atoms with Gasteiger partial charge in [-0.25, -0.2) is 0 Å². The fraction of sp³-hybridized carbons (Fsp3) is 0.529. The first-order valence-electron chi connectivity index (χ1n) is 15.0. The van der Waals surface area contributed by atoms with Crippen LogP contribution in [-0.2, 0) is 55.9 Å². The summed E-state index contributed by atoms with van der Waals surface area (Å²) in [4.78, 5) is 47.0. The molecule has 4 atom stereocenters. The van der Waals surface area contributed by atoms with Gasteiger partial charge in [0.1, 0.15) is 19.3 Å². The number of halogens is 1. The molecule has 2 fully saturated rings. The second-order valence-electron chi connectivity index (χ2n) is 12.0. The molecule has 1 spiro atoms. The largest absolute Gasteiger partial charge is 0.463 e. The van der Waals surface area contributed by atoms with Crippen molar-refractivity contribution in [2.75, 3.05) is 13.2 Å². The van der Waals surface area contributed by atoms with Crippen molar-refractivity contribution in [2.45, 2.75) is 97.1 Å². The van der Waals surface area contributed by atoms with Crippen LogP contribution in [0.15, 0.2) is 42.5 Å². The minimum Gasteiger partial charge on any atom is -0.463 e. The van der Waals surface area contributed by atoms with Gasteiger partial charge >= 0.3 is 23.9 Å². The Bertz CT molecular complexity index is 1330. The molecule has 1 unspecified atom stereocenters. The van der Waals surface area contributed by atoms with Crippen LogP contribution in [-0.4, -0.2) is 55.4 Å². The Labute approximate surface area is 263 Å². The van der Waals surface area contributed by atoms with Gasteiger partial charge in [0.25, 0.3) is 0 Å². The molecule has 0 radical (unpaired) electrons. The maximum Gasteiger partial charge on any atom is 0.303 e. The van der Waals surface area contributed by atoms with Gasteiger partial charge in [-0.1, -0.05) is 48.0 Å². The fourth-order valence-corrected chi connectivity index (χ4v) is 6.12. The molecule has 0 amide bonds. The van der Waals surface area contributed by atoms with Crippen molar-refractivity contribution >= 4 is 35.5 Å². The molecule has 2 aromatic rings. The third-order valence-electron chi connectivity index (χ3n) is 8.33. The van der Waals surface area contributed by atoms with Crippen LogP contribution in [0.1, 0.15) is 88.0 Å². The van der Waals surface area contributed by atoms with Crippen LogP contribution in [0.25, 0.3) is 0 Å². The van der Waals surface area contributed by atoms with Crippen LogP contribution in [0.4, 0.5) is 0 Å². The number of benzene rings is 2. The number of carbonyl (C=O) groups excluding carboxylic acids is 4. The molecule has 10 heteroatoms. The minimum absolute atomic E-state index is 0.0383. The number of esters is 4. The zero-order valence-electron chi connectivity index (χ0n) is 25.8. The van der Waals surface area contributed by atoms with Crippen LogP contribution < -0.4 is 0 Å². The lowest BCUT2D eigenvalue weighted by Gasteiger charge is -2.31. The van der Waals surface area contributed by atoms with Crippen LogP contribution >= 0.6 is 11.6 Å². The standard InChI is InChI=1S/C34H41ClO9/c1-21(36)40-19-31(33(44-24(4)39)32(43-23(3)38)20-41-22(2)37)42-18-26-7-10-30(35)29(16-26)15-25-5-8-27(9-6-25)28-11-12-34(17-28)13-14-34/h5-10,16,28,31-33H,11-15,17-20H2,1-4H3/t28?,31-,32-,33-/m1/s1. The Hall–Kier alpha value is -3.43.